The van der Waals surface area contributed by atoms with E-state index in [1.807, 2.05) is 31.2 Å². The number of rotatable bonds is 17. The van der Waals surface area contributed by atoms with E-state index >= 15 is 0 Å². The van der Waals surface area contributed by atoms with E-state index in [0.29, 0.717) is 29.8 Å². The van der Waals surface area contributed by atoms with Crippen LogP contribution in [0.1, 0.15) is 90.7 Å². The van der Waals surface area contributed by atoms with Crippen LogP contribution < -0.4 is 25.5 Å². The lowest BCUT2D eigenvalue weighted by atomic mass is 10.0. The van der Waals surface area contributed by atoms with Gasteiger partial charge in [0.05, 0.1) is 24.2 Å². The Hall–Kier alpha value is -3.16. The highest BCUT2D eigenvalue weighted by Crippen LogP contribution is 2.32. The molecule has 0 radical (unpaired) electrons. The van der Waals surface area contributed by atoms with Crippen LogP contribution in [0.4, 0.5) is 8.78 Å². The van der Waals surface area contributed by atoms with Crippen molar-refractivity contribution in [1.82, 2.24) is 10.3 Å². The van der Waals surface area contributed by atoms with Gasteiger partial charge in [0.25, 0.3) is 6.43 Å². The van der Waals surface area contributed by atoms with Gasteiger partial charge in [0.2, 0.25) is 0 Å². The molecule has 0 saturated heterocycles. The van der Waals surface area contributed by atoms with Gasteiger partial charge in [-0.1, -0.05) is 65.7 Å². The molecule has 6 nitrogen and oxygen atoms in total. The Morgan fingerprint density at radius 3 is 2.30 bits per heavy atom. The molecule has 8 heteroatoms. The highest BCUT2D eigenvalue weighted by molar-refractivity contribution is 5.94. The van der Waals surface area contributed by atoms with E-state index in [0.717, 1.165) is 47.0 Å². The summed E-state index contributed by atoms with van der Waals surface area (Å²) in [6.45, 7) is 9.33. The van der Waals surface area contributed by atoms with Crippen molar-refractivity contribution in [3.63, 3.8) is 0 Å². The number of pyridine rings is 1. The van der Waals surface area contributed by atoms with Crippen LogP contribution >= 0.6 is 0 Å². The lowest BCUT2D eigenvalue weighted by Gasteiger charge is -2.18. The number of halogens is 2. The number of alkyl halides is 2. The number of guanidine groups is 1. The van der Waals surface area contributed by atoms with Gasteiger partial charge in [0, 0.05) is 22.4 Å². The summed E-state index contributed by atoms with van der Waals surface area (Å²) in [5, 5.41) is 5.20. The first-order valence-corrected chi connectivity index (χ1v) is 14.8. The molecule has 0 saturated carbocycles. The Balaban J connectivity index is 1.80. The Morgan fingerprint density at radius 1 is 0.900 bits per heavy atom. The number of hydrogen-bond donors (Lipinski definition) is 3. The summed E-state index contributed by atoms with van der Waals surface area (Å²) in [6, 6.07) is 11.2. The fourth-order valence-electron chi connectivity index (χ4n) is 4.66. The van der Waals surface area contributed by atoms with Crippen LogP contribution in [0.3, 0.4) is 0 Å². The number of fused-ring (bicyclic) bond motifs is 2. The zero-order valence-electron chi connectivity index (χ0n) is 24.6. The largest absolute Gasteiger partial charge is 0.493 e. The molecule has 1 heterocycles. The summed E-state index contributed by atoms with van der Waals surface area (Å²) >= 11 is 0. The molecular formula is C32H47F2N4O2+. The second-order valence-electron chi connectivity index (χ2n) is 11.0. The summed E-state index contributed by atoms with van der Waals surface area (Å²) in [5.41, 5.74) is 8.66. The van der Waals surface area contributed by atoms with Gasteiger partial charge in [-0.25, -0.2) is 13.8 Å². The molecule has 0 bridgehead atoms. The van der Waals surface area contributed by atoms with Gasteiger partial charge < -0.3 is 9.47 Å². The van der Waals surface area contributed by atoms with Gasteiger partial charge in [-0.3, -0.25) is 16.0 Å². The van der Waals surface area contributed by atoms with Crippen LogP contribution in [0, 0.1) is 5.92 Å². The van der Waals surface area contributed by atoms with E-state index in [9.17, 15) is 8.78 Å². The second-order valence-corrected chi connectivity index (χ2v) is 11.0. The molecule has 220 valence electrons. The topological polar surface area (TPSA) is 83.4 Å². The Kier molecular flexibility index (Phi) is 12.7. The highest BCUT2D eigenvalue weighted by Gasteiger charge is 2.18. The molecule has 0 aliphatic rings. The smallest absolute Gasteiger partial charge is 0.341 e. The molecule has 2 aromatic carbocycles. The molecule has 0 aliphatic heterocycles. The Labute approximate surface area is 237 Å². The lowest BCUT2D eigenvalue weighted by molar-refractivity contribution is -0.468. The number of nitrogens with zero attached hydrogens (tertiary/aromatic N) is 1. The van der Waals surface area contributed by atoms with Gasteiger partial charge >= 0.3 is 5.96 Å². The quantitative estimate of drug-likeness (QED) is 0.0791. The maximum Gasteiger partial charge on any atom is 0.341 e. The molecule has 0 amide bonds. The zero-order chi connectivity index (χ0) is 28.9. The Bertz CT molecular complexity index is 1230. The van der Waals surface area contributed by atoms with Crippen molar-refractivity contribution in [2.75, 3.05) is 19.8 Å². The van der Waals surface area contributed by atoms with Crippen molar-refractivity contribution < 1.29 is 23.2 Å². The number of nitrogens with one attached hydrogen (secondary N) is 2. The predicted octanol–water partition coefficient (Wildman–Crippen LogP) is 6.25. The standard InChI is InChI=1S/C32H46F2N4O2/c1-5-6-7-8-9-10-11-12-15-39-30-17-25-16-24-13-14-26(40-21-31(33)34)18-28(24)38-29(25)19-27(30)23(4)37-32(35)36-20-22(2)3/h13-14,16-19,22-23,31H,5-12,15,20-21H2,1-4H3,(H3,35,36,37)/p+1. The van der Waals surface area contributed by atoms with Crippen LogP contribution in [-0.4, -0.2) is 37.1 Å². The van der Waals surface area contributed by atoms with E-state index in [-0.39, 0.29) is 6.04 Å². The summed E-state index contributed by atoms with van der Waals surface area (Å²) < 4.78 is 36.8. The van der Waals surface area contributed by atoms with Crippen LogP contribution in [0.25, 0.3) is 21.8 Å². The summed E-state index contributed by atoms with van der Waals surface area (Å²) in [7, 11) is 0. The van der Waals surface area contributed by atoms with Crippen LogP contribution in [-0.2, 0) is 0 Å². The molecule has 3 aromatic rings. The minimum Gasteiger partial charge on any atom is -0.493 e. The monoisotopic (exact) mass is 557 g/mol. The fourth-order valence-corrected chi connectivity index (χ4v) is 4.66. The first kappa shape index (κ1) is 31.4. The molecule has 40 heavy (non-hydrogen) atoms. The Morgan fingerprint density at radius 2 is 1.60 bits per heavy atom. The van der Waals surface area contributed by atoms with E-state index in [1.165, 1.54) is 38.5 Å². The number of hydrogen-bond acceptors (Lipinski definition) is 3. The van der Waals surface area contributed by atoms with Crippen molar-refractivity contribution in [2.45, 2.75) is 91.5 Å². The van der Waals surface area contributed by atoms with Gasteiger partial charge in [-0.05, 0) is 49.6 Å². The number of unbranched alkanes of at least 4 members (excludes halogenated alkanes) is 7. The molecular weight excluding hydrogens is 510 g/mol. The van der Waals surface area contributed by atoms with Gasteiger partial charge in [-0.15, -0.1) is 0 Å². The van der Waals surface area contributed by atoms with Gasteiger partial charge in [0.15, 0.2) is 0 Å². The molecule has 1 unspecified atom stereocenters. The van der Waals surface area contributed by atoms with Crippen LogP contribution in [0.2, 0.25) is 0 Å². The van der Waals surface area contributed by atoms with Crippen LogP contribution in [0.15, 0.2) is 36.4 Å². The molecule has 0 spiro atoms. The van der Waals surface area contributed by atoms with Gasteiger partial charge in [-0.2, -0.15) is 0 Å². The number of benzene rings is 2. The minimum absolute atomic E-state index is 0.129. The van der Waals surface area contributed by atoms with Crippen molar-refractivity contribution in [3.8, 4) is 11.5 Å². The van der Waals surface area contributed by atoms with Crippen molar-refractivity contribution in [1.29, 1.82) is 0 Å². The van der Waals surface area contributed by atoms with E-state index in [2.05, 4.69) is 31.1 Å². The van der Waals surface area contributed by atoms with Crippen molar-refractivity contribution >= 4 is 27.8 Å². The van der Waals surface area contributed by atoms with Crippen molar-refractivity contribution in [2.24, 2.45) is 11.7 Å². The third-order valence-corrected chi connectivity index (χ3v) is 6.88. The number of ether oxygens (including phenoxy) is 2. The number of aromatic nitrogens is 1. The van der Waals surface area contributed by atoms with E-state index < -0.39 is 13.0 Å². The second kappa shape index (κ2) is 16.2. The third kappa shape index (κ3) is 10.1. The normalized spacial score (nSPS) is 12.9. The molecule has 0 aliphatic carbocycles. The molecule has 1 atom stereocenters. The summed E-state index contributed by atoms with van der Waals surface area (Å²) in [4.78, 5) is 8.07. The summed E-state index contributed by atoms with van der Waals surface area (Å²) in [6.07, 6.45) is 7.41. The number of nitrogens with two attached hydrogens (primary N) is 1. The molecule has 4 N–H and O–H groups in total. The maximum atomic E-state index is 12.6. The van der Waals surface area contributed by atoms with Gasteiger partial charge in [0.1, 0.15) is 24.1 Å². The lowest BCUT2D eigenvalue weighted by Crippen LogP contribution is -2.79. The fraction of sp³-hybridized carbons (Fsp3) is 0.562. The highest BCUT2D eigenvalue weighted by atomic mass is 19.3. The molecule has 1 aromatic heterocycles. The van der Waals surface area contributed by atoms with E-state index in [4.69, 9.17) is 20.2 Å². The molecule has 3 rings (SSSR count). The third-order valence-electron chi connectivity index (χ3n) is 6.88. The predicted molar refractivity (Wildman–Crippen MR) is 160 cm³/mol. The first-order valence-electron chi connectivity index (χ1n) is 14.8. The zero-order valence-corrected chi connectivity index (χ0v) is 24.6. The molecule has 0 fully saturated rings. The minimum atomic E-state index is -2.53. The SMILES string of the molecule is CCCCCCCCCCOc1cc2cc3ccc(OCC(F)F)cc3nc2cc1C(C)NC(N)=[NH+]CC(C)C. The average molecular weight is 558 g/mol. The van der Waals surface area contributed by atoms with Crippen molar-refractivity contribution in [3.05, 3.63) is 42.0 Å². The van der Waals surface area contributed by atoms with E-state index in [1.54, 1.807) is 12.1 Å². The average Bonchev–Trinajstić information content (AvgIpc) is 2.92. The van der Waals surface area contributed by atoms with Crippen LogP contribution in [0.5, 0.6) is 11.5 Å². The first-order chi connectivity index (χ1) is 19.3. The summed E-state index contributed by atoms with van der Waals surface area (Å²) in [5.74, 6) is 2.17. The maximum absolute atomic E-state index is 12.6.